The molecule has 8 nitrogen and oxygen atoms in total. The van der Waals surface area contributed by atoms with Crippen LogP contribution in [0.3, 0.4) is 0 Å². The number of rotatable bonds is 7. The molecule has 0 bridgehead atoms. The summed E-state index contributed by atoms with van der Waals surface area (Å²) in [4.78, 5) is 14.0. The maximum absolute atomic E-state index is 13.6. The molecule has 0 fully saturated rings. The van der Waals surface area contributed by atoms with Crippen molar-refractivity contribution in [3.8, 4) is 11.8 Å². The Morgan fingerprint density at radius 2 is 2.17 bits per heavy atom. The van der Waals surface area contributed by atoms with Gasteiger partial charge < -0.3 is 14.6 Å². The van der Waals surface area contributed by atoms with Crippen LogP contribution in [0.4, 0.5) is 4.39 Å². The molecular formula is C12H11FN2O6S2. The van der Waals surface area contributed by atoms with E-state index in [2.05, 4.69) is 9.36 Å². The standard InChI is InChI=1S/C12H11FN2O6S2/c1-20-9-3-2-7(4-8(9)13)6-23(18,19)12-14-11(15-22-12)21-5-10(16)17/h2-4H,5-6H2,1H3,(H,16,17). The van der Waals surface area contributed by atoms with Crippen molar-refractivity contribution in [1.82, 2.24) is 9.36 Å². The number of carboxylic acid groups (broad SMARTS) is 1. The Kier molecular flexibility index (Phi) is 5.11. The number of halogens is 1. The highest BCUT2D eigenvalue weighted by Crippen LogP contribution is 2.23. The van der Waals surface area contributed by atoms with Gasteiger partial charge in [0.1, 0.15) is 0 Å². The second-order valence-electron chi connectivity index (χ2n) is 4.25. The lowest BCUT2D eigenvalue weighted by Gasteiger charge is -2.04. The van der Waals surface area contributed by atoms with E-state index in [1.807, 2.05) is 0 Å². The fraction of sp³-hybridized carbons (Fsp3) is 0.250. The van der Waals surface area contributed by atoms with E-state index < -0.39 is 34.0 Å². The average Bonchev–Trinajstić information content (AvgIpc) is 2.94. The number of ether oxygens (including phenoxy) is 2. The molecule has 0 saturated carbocycles. The molecule has 2 aromatic rings. The van der Waals surface area contributed by atoms with Crippen molar-refractivity contribution in [2.45, 2.75) is 10.1 Å². The van der Waals surface area contributed by atoms with Gasteiger partial charge in [0.25, 0.3) is 0 Å². The molecule has 0 aliphatic carbocycles. The van der Waals surface area contributed by atoms with E-state index in [1.165, 1.54) is 19.2 Å². The van der Waals surface area contributed by atoms with Crippen molar-refractivity contribution in [3.05, 3.63) is 29.6 Å². The summed E-state index contributed by atoms with van der Waals surface area (Å²) in [5.41, 5.74) is 0.214. The molecule has 0 aliphatic heterocycles. The minimum Gasteiger partial charge on any atom is -0.494 e. The lowest BCUT2D eigenvalue weighted by Crippen LogP contribution is -2.10. The predicted octanol–water partition coefficient (Wildman–Crippen LogP) is 1.12. The summed E-state index contributed by atoms with van der Waals surface area (Å²) in [6, 6.07) is 3.46. The van der Waals surface area contributed by atoms with E-state index in [4.69, 9.17) is 14.6 Å². The summed E-state index contributed by atoms with van der Waals surface area (Å²) in [5.74, 6) is -2.39. The third-order valence-corrected chi connectivity index (χ3v) is 5.37. The largest absolute Gasteiger partial charge is 0.494 e. The number of methoxy groups -OCH3 is 1. The molecule has 0 atom stereocenters. The zero-order chi connectivity index (χ0) is 17.0. The summed E-state index contributed by atoms with van der Waals surface area (Å²) in [7, 11) is -2.56. The number of aliphatic carboxylic acids is 1. The quantitative estimate of drug-likeness (QED) is 0.779. The molecular weight excluding hydrogens is 351 g/mol. The van der Waals surface area contributed by atoms with Gasteiger partial charge in [0, 0.05) is 11.5 Å². The first-order chi connectivity index (χ1) is 10.8. The molecule has 11 heteroatoms. The van der Waals surface area contributed by atoms with Crippen molar-refractivity contribution in [2.75, 3.05) is 13.7 Å². The summed E-state index contributed by atoms with van der Waals surface area (Å²) in [5, 5.41) is 8.46. The van der Waals surface area contributed by atoms with Crippen LogP contribution in [-0.2, 0) is 20.4 Å². The first kappa shape index (κ1) is 17.1. The lowest BCUT2D eigenvalue weighted by atomic mass is 10.2. The van der Waals surface area contributed by atoms with Gasteiger partial charge in [-0.25, -0.2) is 17.6 Å². The Balaban J connectivity index is 2.15. The number of carboxylic acids is 1. The summed E-state index contributed by atoms with van der Waals surface area (Å²) >= 11 is 0.554. The van der Waals surface area contributed by atoms with Crippen LogP contribution < -0.4 is 9.47 Å². The van der Waals surface area contributed by atoms with E-state index in [-0.39, 0.29) is 21.7 Å². The molecule has 2 rings (SSSR count). The minimum atomic E-state index is -3.86. The number of carbonyl (C=O) groups is 1. The molecule has 0 aliphatic rings. The monoisotopic (exact) mass is 362 g/mol. The maximum atomic E-state index is 13.6. The predicted molar refractivity (Wildman–Crippen MR) is 76.9 cm³/mol. The lowest BCUT2D eigenvalue weighted by molar-refractivity contribution is -0.139. The molecule has 0 unspecified atom stereocenters. The van der Waals surface area contributed by atoms with Crippen molar-refractivity contribution < 1.29 is 32.2 Å². The zero-order valence-corrected chi connectivity index (χ0v) is 13.4. The van der Waals surface area contributed by atoms with Crippen LogP contribution in [0.1, 0.15) is 5.56 Å². The Labute approximate surface area is 134 Å². The van der Waals surface area contributed by atoms with Crippen LogP contribution in [0.15, 0.2) is 22.5 Å². The van der Waals surface area contributed by atoms with Crippen molar-refractivity contribution in [3.63, 3.8) is 0 Å². The SMILES string of the molecule is COc1ccc(CS(=O)(=O)c2nc(OCC(=O)O)ns2)cc1F. The topological polar surface area (TPSA) is 116 Å². The molecule has 1 N–H and O–H groups in total. The maximum Gasteiger partial charge on any atom is 0.341 e. The van der Waals surface area contributed by atoms with Crippen LogP contribution >= 0.6 is 11.5 Å². The zero-order valence-electron chi connectivity index (χ0n) is 11.7. The smallest absolute Gasteiger partial charge is 0.341 e. The van der Waals surface area contributed by atoms with Gasteiger partial charge in [-0.3, -0.25) is 0 Å². The molecule has 1 heterocycles. The van der Waals surface area contributed by atoms with Gasteiger partial charge in [-0.15, -0.1) is 4.37 Å². The van der Waals surface area contributed by atoms with Crippen molar-refractivity contribution in [2.24, 2.45) is 0 Å². The van der Waals surface area contributed by atoms with E-state index in [0.29, 0.717) is 11.5 Å². The number of hydrogen-bond donors (Lipinski definition) is 1. The molecule has 0 amide bonds. The van der Waals surface area contributed by atoms with Crippen LogP contribution in [0, 0.1) is 5.82 Å². The van der Waals surface area contributed by atoms with Crippen LogP contribution in [0.2, 0.25) is 0 Å². The van der Waals surface area contributed by atoms with E-state index in [9.17, 15) is 17.6 Å². The second-order valence-corrected chi connectivity index (χ2v) is 7.17. The number of nitrogens with zero attached hydrogens (tertiary/aromatic N) is 2. The van der Waals surface area contributed by atoms with E-state index >= 15 is 0 Å². The molecule has 1 aromatic carbocycles. The van der Waals surface area contributed by atoms with Crippen LogP contribution in [-0.4, -0.2) is 42.6 Å². The molecule has 0 saturated heterocycles. The fourth-order valence-electron chi connectivity index (χ4n) is 1.59. The van der Waals surface area contributed by atoms with Gasteiger partial charge in [-0.2, -0.15) is 4.98 Å². The van der Waals surface area contributed by atoms with Gasteiger partial charge in [0.15, 0.2) is 18.2 Å². The van der Waals surface area contributed by atoms with Crippen LogP contribution in [0.25, 0.3) is 0 Å². The van der Waals surface area contributed by atoms with Crippen molar-refractivity contribution >= 4 is 27.3 Å². The summed E-state index contributed by atoms with van der Waals surface area (Å²) < 4.78 is 50.7. The molecule has 23 heavy (non-hydrogen) atoms. The van der Waals surface area contributed by atoms with Gasteiger partial charge in [0.2, 0.25) is 14.2 Å². The first-order valence-corrected chi connectivity index (χ1v) is 8.48. The van der Waals surface area contributed by atoms with E-state index in [0.717, 1.165) is 6.07 Å². The molecule has 0 spiro atoms. The number of aromatic nitrogens is 2. The third-order valence-electron chi connectivity index (χ3n) is 2.55. The third kappa shape index (κ3) is 4.36. The molecule has 124 valence electrons. The highest BCUT2D eigenvalue weighted by Gasteiger charge is 2.22. The van der Waals surface area contributed by atoms with Gasteiger partial charge in [-0.1, -0.05) is 6.07 Å². The normalized spacial score (nSPS) is 11.2. The summed E-state index contributed by atoms with van der Waals surface area (Å²) in [6.07, 6.45) is 0. The summed E-state index contributed by atoms with van der Waals surface area (Å²) in [6.45, 7) is -0.681. The Morgan fingerprint density at radius 1 is 1.43 bits per heavy atom. The number of benzene rings is 1. The molecule has 0 radical (unpaired) electrons. The Morgan fingerprint density at radius 3 is 2.78 bits per heavy atom. The number of sulfone groups is 1. The Bertz CT molecular complexity index is 821. The highest BCUT2D eigenvalue weighted by molar-refractivity contribution is 7.92. The average molecular weight is 362 g/mol. The van der Waals surface area contributed by atoms with Gasteiger partial charge >= 0.3 is 12.0 Å². The van der Waals surface area contributed by atoms with Crippen molar-refractivity contribution in [1.29, 1.82) is 0 Å². The second kappa shape index (κ2) is 6.87. The fourth-order valence-corrected chi connectivity index (χ4v) is 3.66. The van der Waals surface area contributed by atoms with Gasteiger partial charge in [0.05, 0.1) is 12.9 Å². The van der Waals surface area contributed by atoms with Crippen LogP contribution in [0.5, 0.6) is 11.8 Å². The first-order valence-electron chi connectivity index (χ1n) is 6.05. The minimum absolute atomic E-state index is 0.00594. The molecule has 1 aromatic heterocycles. The van der Waals surface area contributed by atoms with E-state index in [1.54, 1.807) is 0 Å². The highest BCUT2D eigenvalue weighted by atomic mass is 32.2. The van der Waals surface area contributed by atoms with Gasteiger partial charge in [-0.05, 0) is 17.7 Å². The Hall–Kier alpha value is -2.27. The number of hydrogen-bond acceptors (Lipinski definition) is 8.